The maximum atomic E-state index is 13.6. The van der Waals surface area contributed by atoms with Crippen LogP contribution in [0.15, 0.2) is 41.4 Å². The number of benzene rings is 1. The summed E-state index contributed by atoms with van der Waals surface area (Å²) in [6.07, 6.45) is 9.85. The van der Waals surface area contributed by atoms with Crippen molar-refractivity contribution in [1.29, 1.82) is 0 Å². The largest absolute Gasteiger partial charge is 0.351 e. The third-order valence-corrected chi connectivity index (χ3v) is 9.16. The number of para-hydroxylation sites is 1. The summed E-state index contributed by atoms with van der Waals surface area (Å²) < 4.78 is 3.54. The van der Waals surface area contributed by atoms with Gasteiger partial charge in [0.25, 0.3) is 0 Å². The molecule has 3 saturated carbocycles. The number of fused-ring (bicyclic) bond motifs is 3. The Bertz CT molecular complexity index is 1020. The van der Waals surface area contributed by atoms with Gasteiger partial charge < -0.3 is 15.8 Å². The quantitative estimate of drug-likeness (QED) is 0.415. The number of hydrogen-bond acceptors (Lipinski definition) is 6. The number of rotatable bonds is 6. The zero-order chi connectivity index (χ0) is 24.3. The molecule has 0 aliphatic heterocycles. The number of carbonyl (C=O) groups excluding carboxylic acids is 2. The molecule has 1 aromatic carbocycles. The number of pyridine rings is 1. The first-order chi connectivity index (χ1) is 16.4. The van der Waals surface area contributed by atoms with E-state index in [1.54, 1.807) is 0 Å². The fourth-order valence-corrected chi connectivity index (χ4v) is 7.41. The van der Waals surface area contributed by atoms with Crippen LogP contribution in [0.2, 0.25) is 0 Å². The third kappa shape index (κ3) is 4.88. The number of amides is 1. The summed E-state index contributed by atoms with van der Waals surface area (Å²) in [5, 5.41) is 4.56. The van der Waals surface area contributed by atoms with Crippen LogP contribution in [0.25, 0.3) is 10.9 Å². The lowest BCUT2D eigenvalue weighted by Gasteiger charge is -2.50. The molecular formula is C27H38N4O2S. The van der Waals surface area contributed by atoms with Crippen molar-refractivity contribution in [3.63, 3.8) is 0 Å². The van der Waals surface area contributed by atoms with Gasteiger partial charge >= 0.3 is 0 Å². The van der Waals surface area contributed by atoms with Crippen LogP contribution in [0.1, 0.15) is 58.8 Å². The summed E-state index contributed by atoms with van der Waals surface area (Å²) in [6, 6.07) is 10.3. The van der Waals surface area contributed by atoms with Crippen molar-refractivity contribution < 1.29 is 9.59 Å². The minimum atomic E-state index is -0.527. The van der Waals surface area contributed by atoms with Crippen LogP contribution in [-0.2, 0) is 9.59 Å². The molecule has 0 spiro atoms. The number of aromatic nitrogens is 1. The molecule has 34 heavy (non-hydrogen) atoms. The van der Waals surface area contributed by atoms with Crippen molar-refractivity contribution >= 4 is 35.0 Å². The average Bonchev–Trinajstić information content (AvgIpc) is 2.82. The van der Waals surface area contributed by atoms with Gasteiger partial charge in [-0.25, -0.2) is 4.72 Å². The second-order valence-electron chi connectivity index (χ2n) is 10.7. The first-order valence-corrected chi connectivity index (χ1v) is 13.4. The molecule has 3 aliphatic carbocycles. The fraction of sp³-hybridized carbons (Fsp3) is 0.593. The number of nitrogens with two attached hydrogens (primary N) is 1. The number of nitrogens with one attached hydrogen (secondary N) is 2. The molecule has 3 aliphatic rings. The smallest absolute Gasteiger partial charge is 0.241 e. The van der Waals surface area contributed by atoms with E-state index in [0.29, 0.717) is 17.8 Å². The van der Waals surface area contributed by atoms with E-state index in [-0.39, 0.29) is 17.4 Å². The second kappa shape index (κ2) is 10.3. The highest BCUT2D eigenvalue weighted by atomic mass is 32.2. The Morgan fingerprint density at radius 1 is 1.18 bits per heavy atom. The van der Waals surface area contributed by atoms with E-state index in [1.165, 1.54) is 19.0 Å². The average molecular weight is 483 g/mol. The van der Waals surface area contributed by atoms with E-state index < -0.39 is 5.54 Å². The van der Waals surface area contributed by atoms with Gasteiger partial charge in [0.15, 0.2) is 0 Å². The Kier molecular flexibility index (Phi) is 7.65. The Balaban J connectivity index is 0.00000133. The second-order valence-corrected chi connectivity index (χ2v) is 11.6. The molecule has 1 amide bonds. The Hall–Kier alpha value is -1.96. The lowest BCUT2D eigenvalue weighted by atomic mass is 9.58. The van der Waals surface area contributed by atoms with E-state index in [4.69, 9.17) is 0 Å². The molecule has 7 heteroatoms. The Labute approximate surface area is 207 Å². The summed E-state index contributed by atoms with van der Waals surface area (Å²) in [7, 11) is 1.50. The van der Waals surface area contributed by atoms with Crippen LogP contribution < -0.4 is 15.8 Å². The highest BCUT2D eigenvalue weighted by molar-refractivity contribution is 7.97. The van der Waals surface area contributed by atoms with Crippen molar-refractivity contribution in [3.8, 4) is 0 Å². The third-order valence-electron chi connectivity index (χ3n) is 8.12. The zero-order valence-electron chi connectivity index (χ0n) is 20.5. The molecule has 1 aromatic heterocycles. The first-order valence-electron chi connectivity index (χ1n) is 12.5. The van der Waals surface area contributed by atoms with E-state index in [2.05, 4.69) is 52.8 Å². The number of aldehydes is 1. The van der Waals surface area contributed by atoms with Gasteiger partial charge in [-0.2, -0.15) is 0 Å². The topological polar surface area (TPSA) is 97.1 Å². The summed E-state index contributed by atoms with van der Waals surface area (Å²) in [5.41, 5.74) is 4.70. The molecular weight excluding hydrogens is 444 g/mol. The van der Waals surface area contributed by atoms with Gasteiger partial charge in [0.2, 0.25) is 5.91 Å². The van der Waals surface area contributed by atoms with Crippen LogP contribution >= 0.6 is 11.9 Å². The van der Waals surface area contributed by atoms with Crippen molar-refractivity contribution in [2.24, 2.45) is 28.9 Å². The molecule has 2 aromatic rings. The van der Waals surface area contributed by atoms with Gasteiger partial charge in [-0.15, -0.1) is 0 Å². The van der Waals surface area contributed by atoms with Crippen LogP contribution in [0.5, 0.6) is 0 Å². The van der Waals surface area contributed by atoms with E-state index in [1.807, 2.05) is 18.3 Å². The summed E-state index contributed by atoms with van der Waals surface area (Å²) >= 11 is 1.53. The van der Waals surface area contributed by atoms with E-state index in [9.17, 15) is 9.59 Å². The molecule has 5 atom stereocenters. The molecule has 3 fully saturated rings. The van der Waals surface area contributed by atoms with Crippen LogP contribution in [0, 0.1) is 23.2 Å². The summed E-state index contributed by atoms with van der Waals surface area (Å²) in [5.74, 6) is 1.57. The lowest BCUT2D eigenvalue weighted by Crippen LogP contribution is -2.63. The molecule has 5 unspecified atom stereocenters. The standard InChI is InChI=1S/C26H33N3O2S.CH5N/c1-17-12-18-13-20(15-25(2,14-18)16-30)22(17)28-24(31)26(9-5-10-26)29-32-21-8-3-6-19-7-4-11-27-23(19)21;1-2/h3-4,6-8,11,16-18,20,22,29H,5,9-10,12-15H2,1-2H3,(H,28,31);2H2,1H3. The maximum absolute atomic E-state index is 13.6. The molecule has 6 nitrogen and oxygen atoms in total. The summed E-state index contributed by atoms with van der Waals surface area (Å²) in [6.45, 7) is 4.36. The fourth-order valence-electron chi connectivity index (χ4n) is 6.39. The maximum Gasteiger partial charge on any atom is 0.241 e. The molecule has 1 heterocycles. The van der Waals surface area contributed by atoms with Crippen molar-refractivity contribution in [2.75, 3.05) is 7.05 Å². The van der Waals surface area contributed by atoms with Gasteiger partial charge in [0.1, 0.15) is 11.8 Å². The highest BCUT2D eigenvalue weighted by Gasteiger charge is 2.49. The van der Waals surface area contributed by atoms with Crippen LogP contribution in [0.3, 0.4) is 0 Å². The van der Waals surface area contributed by atoms with Crippen molar-refractivity contribution in [3.05, 3.63) is 36.5 Å². The van der Waals surface area contributed by atoms with Crippen molar-refractivity contribution in [2.45, 2.75) is 75.3 Å². The predicted octanol–water partition coefficient (Wildman–Crippen LogP) is 4.48. The van der Waals surface area contributed by atoms with Crippen LogP contribution in [-0.4, -0.2) is 35.8 Å². The Morgan fingerprint density at radius 3 is 2.65 bits per heavy atom. The van der Waals surface area contributed by atoms with Gasteiger partial charge in [-0.3, -0.25) is 9.78 Å². The van der Waals surface area contributed by atoms with Crippen molar-refractivity contribution in [1.82, 2.24) is 15.0 Å². The molecule has 5 rings (SSSR count). The number of nitrogens with zero attached hydrogens (tertiary/aromatic N) is 1. The number of hydrogen-bond donors (Lipinski definition) is 3. The molecule has 0 radical (unpaired) electrons. The summed E-state index contributed by atoms with van der Waals surface area (Å²) in [4.78, 5) is 30.9. The van der Waals surface area contributed by atoms with Gasteiger partial charge in [0.05, 0.1) is 5.52 Å². The van der Waals surface area contributed by atoms with Gasteiger partial charge in [0, 0.05) is 27.9 Å². The number of carbonyl (C=O) groups is 2. The van der Waals surface area contributed by atoms with Gasteiger partial charge in [-0.1, -0.05) is 32.0 Å². The predicted molar refractivity (Wildman–Crippen MR) is 138 cm³/mol. The monoisotopic (exact) mass is 482 g/mol. The molecule has 4 N–H and O–H groups in total. The molecule has 184 valence electrons. The van der Waals surface area contributed by atoms with Gasteiger partial charge in [-0.05, 0) is 93.8 Å². The minimum absolute atomic E-state index is 0.123. The minimum Gasteiger partial charge on any atom is -0.351 e. The highest BCUT2D eigenvalue weighted by Crippen LogP contribution is 2.49. The van der Waals surface area contributed by atoms with E-state index >= 15 is 0 Å². The zero-order valence-corrected chi connectivity index (χ0v) is 21.4. The first kappa shape index (κ1) is 25.1. The SMILES string of the molecule is CC1CC2CC(CC(C)(C=O)C2)C1NC(=O)C1(NSc2cccc3cccnc23)CCC1.CN. The lowest BCUT2D eigenvalue weighted by molar-refractivity contribution is -0.133. The van der Waals surface area contributed by atoms with Crippen LogP contribution in [0.4, 0.5) is 0 Å². The molecule has 0 saturated heterocycles. The normalized spacial score (nSPS) is 31.5. The molecule has 2 bridgehead atoms. The Morgan fingerprint density at radius 2 is 1.94 bits per heavy atom. The van der Waals surface area contributed by atoms with E-state index in [0.717, 1.165) is 67.0 Å².